The highest BCUT2D eigenvalue weighted by Crippen LogP contribution is 2.22. The predicted molar refractivity (Wildman–Crippen MR) is 79.8 cm³/mol. The molecule has 0 saturated heterocycles. The molecule has 0 aliphatic heterocycles. The molecular formula is C15H13ClF2N2O2. The first-order valence-electron chi connectivity index (χ1n) is 6.40. The van der Waals surface area contributed by atoms with Gasteiger partial charge in [-0.1, -0.05) is 35.9 Å². The van der Waals surface area contributed by atoms with Crippen molar-refractivity contribution >= 4 is 23.3 Å². The van der Waals surface area contributed by atoms with Gasteiger partial charge >= 0.3 is 6.03 Å². The molecule has 0 saturated carbocycles. The number of halogens is 3. The average Bonchev–Trinajstić information content (AvgIpc) is 2.50. The van der Waals surface area contributed by atoms with Crippen molar-refractivity contribution < 1.29 is 18.7 Å². The third-order valence-corrected chi connectivity index (χ3v) is 3.21. The Hall–Kier alpha value is -2.18. The molecule has 2 rings (SSSR count). The Kier molecular flexibility index (Phi) is 5.30. The molecule has 7 heteroatoms. The van der Waals surface area contributed by atoms with Gasteiger partial charge in [0.1, 0.15) is 5.82 Å². The minimum Gasteiger partial charge on any atom is -0.386 e. The lowest BCUT2D eigenvalue weighted by molar-refractivity contribution is 0.170. The summed E-state index contributed by atoms with van der Waals surface area (Å²) in [6.07, 6.45) is -1.21. The number of hydrogen-bond acceptors (Lipinski definition) is 2. The third kappa shape index (κ3) is 3.93. The second kappa shape index (κ2) is 7.20. The van der Waals surface area contributed by atoms with Gasteiger partial charge in [-0.15, -0.1) is 0 Å². The van der Waals surface area contributed by atoms with E-state index >= 15 is 0 Å². The number of aliphatic hydroxyl groups excluding tert-OH is 1. The van der Waals surface area contributed by atoms with E-state index in [0.29, 0.717) is 0 Å². The summed E-state index contributed by atoms with van der Waals surface area (Å²) in [4.78, 5) is 11.7. The molecule has 2 aromatic rings. The third-order valence-electron chi connectivity index (χ3n) is 2.92. The number of aliphatic hydroxyl groups is 1. The Balaban J connectivity index is 1.93. The van der Waals surface area contributed by atoms with E-state index in [9.17, 15) is 18.7 Å². The highest BCUT2D eigenvalue weighted by atomic mass is 35.5. The van der Waals surface area contributed by atoms with Gasteiger partial charge in [0.25, 0.3) is 0 Å². The normalized spacial score (nSPS) is 11.8. The lowest BCUT2D eigenvalue weighted by atomic mass is 10.1. The van der Waals surface area contributed by atoms with E-state index < -0.39 is 23.8 Å². The molecule has 2 amide bonds. The fraction of sp³-hybridized carbons (Fsp3) is 0.133. The topological polar surface area (TPSA) is 61.4 Å². The van der Waals surface area contributed by atoms with Crippen molar-refractivity contribution in [2.75, 3.05) is 11.9 Å². The maximum atomic E-state index is 13.6. The van der Waals surface area contributed by atoms with Gasteiger partial charge in [0.2, 0.25) is 0 Å². The van der Waals surface area contributed by atoms with E-state index in [1.165, 1.54) is 36.4 Å². The van der Waals surface area contributed by atoms with Crippen LogP contribution in [0.5, 0.6) is 0 Å². The minimum atomic E-state index is -1.21. The van der Waals surface area contributed by atoms with Crippen LogP contribution in [0.2, 0.25) is 5.02 Å². The summed E-state index contributed by atoms with van der Waals surface area (Å²) in [6, 6.07) is 9.12. The minimum absolute atomic E-state index is 0.0664. The maximum absolute atomic E-state index is 13.6. The monoisotopic (exact) mass is 326 g/mol. The van der Waals surface area contributed by atoms with Gasteiger partial charge in [-0.3, -0.25) is 0 Å². The molecule has 0 unspecified atom stereocenters. The molecule has 0 fully saturated rings. The van der Waals surface area contributed by atoms with Crippen molar-refractivity contribution in [3.8, 4) is 0 Å². The van der Waals surface area contributed by atoms with Crippen LogP contribution in [-0.2, 0) is 0 Å². The van der Waals surface area contributed by atoms with Gasteiger partial charge < -0.3 is 15.7 Å². The Morgan fingerprint density at radius 2 is 1.91 bits per heavy atom. The number of urea groups is 1. The second-order valence-electron chi connectivity index (χ2n) is 4.47. The first-order valence-corrected chi connectivity index (χ1v) is 6.78. The van der Waals surface area contributed by atoms with Gasteiger partial charge in [-0.2, -0.15) is 0 Å². The highest BCUT2D eigenvalue weighted by Gasteiger charge is 2.14. The molecule has 2 aromatic carbocycles. The predicted octanol–water partition coefficient (Wildman–Crippen LogP) is 3.47. The summed E-state index contributed by atoms with van der Waals surface area (Å²) in [6.45, 7) is -0.227. The fourth-order valence-corrected chi connectivity index (χ4v) is 1.99. The molecule has 0 heterocycles. The summed E-state index contributed by atoms with van der Waals surface area (Å²) in [5, 5.41) is 14.3. The second-order valence-corrected chi connectivity index (χ2v) is 4.88. The van der Waals surface area contributed by atoms with Crippen LogP contribution in [0, 0.1) is 11.6 Å². The van der Waals surface area contributed by atoms with Crippen LogP contribution in [0.25, 0.3) is 0 Å². The van der Waals surface area contributed by atoms with E-state index in [2.05, 4.69) is 10.6 Å². The van der Waals surface area contributed by atoms with Crippen LogP contribution < -0.4 is 10.6 Å². The number of hydrogen-bond donors (Lipinski definition) is 3. The summed E-state index contributed by atoms with van der Waals surface area (Å²) in [5.41, 5.74) is -0.0258. The van der Waals surface area contributed by atoms with Crippen LogP contribution in [0.1, 0.15) is 11.7 Å². The quantitative estimate of drug-likeness (QED) is 0.805. The largest absolute Gasteiger partial charge is 0.386 e. The molecule has 4 nitrogen and oxygen atoms in total. The van der Waals surface area contributed by atoms with Gasteiger partial charge in [0, 0.05) is 12.1 Å². The van der Waals surface area contributed by atoms with Crippen LogP contribution in [0.4, 0.5) is 19.3 Å². The fourth-order valence-electron chi connectivity index (χ4n) is 1.81. The highest BCUT2D eigenvalue weighted by molar-refractivity contribution is 6.31. The number of carbonyl (C=O) groups excluding carboxylic acids is 1. The van der Waals surface area contributed by atoms with E-state index in [0.717, 1.165) is 0 Å². The van der Waals surface area contributed by atoms with Gasteiger partial charge in [-0.25, -0.2) is 13.6 Å². The van der Waals surface area contributed by atoms with Gasteiger partial charge in [0.15, 0.2) is 5.82 Å². The van der Waals surface area contributed by atoms with E-state index in [1.807, 2.05) is 0 Å². The molecule has 0 aliphatic rings. The number of anilines is 1. The Morgan fingerprint density at radius 1 is 1.18 bits per heavy atom. The lowest BCUT2D eigenvalue weighted by Gasteiger charge is -2.14. The molecule has 0 spiro atoms. The smallest absolute Gasteiger partial charge is 0.319 e. The van der Waals surface area contributed by atoms with Crippen molar-refractivity contribution in [2.45, 2.75) is 6.10 Å². The number of amides is 2. The average molecular weight is 327 g/mol. The summed E-state index contributed by atoms with van der Waals surface area (Å²) in [5.74, 6) is -1.33. The SMILES string of the molecule is O=C(NC[C@H](O)c1ccccc1F)Nc1cccc(Cl)c1F. The Labute approximate surface area is 130 Å². The molecule has 3 N–H and O–H groups in total. The van der Waals surface area contributed by atoms with Crippen molar-refractivity contribution in [1.29, 1.82) is 0 Å². The number of carbonyl (C=O) groups is 1. The van der Waals surface area contributed by atoms with Gasteiger partial charge in [0.05, 0.1) is 16.8 Å². The summed E-state index contributed by atoms with van der Waals surface area (Å²) >= 11 is 5.59. The first kappa shape index (κ1) is 16.2. The summed E-state index contributed by atoms with van der Waals surface area (Å²) < 4.78 is 27.1. The number of nitrogens with one attached hydrogen (secondary N) is 2. The van der Waals surface area contributed by atoms with E-state index in [4.69, 9.17) is 11.6 Å². The molecule has 0 aliphatic carbocycles. The van der Waals surface area contributed by atoms with E-state index in [-0.39, 0.29) is 22.8 Å². The zero-order chi connectivity index (χ0) is 16.1. The zero-order valence-corrected chi connectivity index (χ0v) is 12.1. The van der Waals surface area contributed by atoms with Crippen molar-refractivity contribution in [3.05, 3.63) is 64.7 Å². The van der Waals surface area contributed by atoms with Crippen LogP contribution in [0.3, 0.4) is 0 Å². The molecule has 0 aromatic heterocycles. The Morgan fingerprint density at radius 3 is 2.64 bits per heavy atom. The molecule has 116 valence electrons. The molecule has 1 atom stereocenters. The number of benzene rings is 2. The first-order chi connectivity index (χ1) is 10.5. The molecular weight excluding hydrogens is 314 g/mol. The summed E-state index contributed by atoms with van der Waals surface area (Å²) in [7, 11) is 0. The lowest BCUT2D eigenvalue weighted by Crippen LogP contribution is -2.32. The van der Waals surface area contributed by atoms with Crippen molar-refractivity contribution in [3.63, 3.8) is 0 Å². The van der Waals surface area contributed by atoms with E-state index in [1.54, 1.807) is 6.07 Å². The van der Waals surface area contributed by atoms with Crippen LogP contribution >= 0.6 is 11.6 Å². The maximum Gasteiger partial charge on any atom is 0.319 e. The number of rotatable bonds is 4. The van der Waals surface area contributed by atoms with Crippen molar-refractivity contribution in [1.82, 2.24) is 5.32 Å². The Bertz CT molecular complexity index is 682. The standard InChI is InChI=1S/C15H13ClF2N2O2/c16-10-5-3-7-12(14(10)18)20-15(22)19-8-13(21)9-4-1-2-6-11(9)17/h1-7,13,21H,8H2,(H2,19,20,22)/t13-/m0/s1. The van der Waals surface area contributed by atoms with Crippen molar-refractivity contribution in [2.24, 2.45) is 0 Å². The molecule has 0 radical (unpaired) electrons. The van der Waals surface area contributed by atoms with Crippen LogP contribution in [-0.4, -0.2) is 17.7 Å². The molecule has 22 heavy (non-hydrogen) atoms. The zero-order valence-electron chi connectivity index (χ0n) is 11.3. The van der Waals surface area contributed by atoms with Gasteiger partial charge in [-0.05, 0) is 18.2 Å². The van der Waals surface area contributed by atoms with Crippen LogP contribution in [0.15, 0.2) is 42.5 Å². The molecule has 0 bridgehead atoms.